The summed E-state index contributed by atoms with van der Waals surface area (Å²) in [6.45, 7) is 0.332. The number of benzene rings is 1. The molecule has 0 bridgehead atoms. The molecule has 0 aliphatic heterocycles. The van der Waals surface area contributed by atoms with Gasteiger partial charge in [0.15, 0.2) is 5.65 Å². The van der Waals surface area contributed by atoms with E-state index in [2.05, 4.69) is 10.1 Å². The first-order valence-electron chi connectivity index (χ1n) is 6.47. The minimum atomic E-state index is 0.0898. The van der Waals surface area contributed by atoms with Gasteiger partial charge in [-0.3, -0.25) is 0 Å². The van der Waals surface area contributed by atoms with Crippen molar-refractivity contribution in [3.05, 3.63) is 58.4 Å². The van der Waals surface area contributed by atoms with Crippen LogP contribution in [0.4, 0.5) is 0 Å². The van der Waals surface area contributed by atoms with Gasteiger partial charge < -0.3 is 9.84 Å². The average Bonchev–Trinajstić information content (AvgIpc) is 2.94. The second kappa shape index (κ2) is 5.71. The summed E-state index contributed by atoms with van der Waals surface area (Å²) >= 11 is 5.89. The van der Waals surface area contributed by atoms with Gasteiger partial charge in [0, 0.05) is 30.2 Å². The molecule has 2 aromatic heterocycles. The molecular formula is C15H14ClN3O2. The summed E-state index contributed by atoms with van der Waals surface area (Å²) in [5.41, 5.74) is 3.04. The Morgan fingerprint density at radius 3 is 2.71 bits per heavy atom. The van der Waals surface area contributed by atoms with Crippen LogP contribution in [-0.4, -0.2) is 26.8 Å². The van der Waals surface area contributed by atoms with Crippen molar-refractivity contribution < 1.29 is 9.84 Å². The predicted octanol–water partition coefficient (Wildman–Crippen LogP) is 2.83. The molecule has 5 nitrogen and oxygen atoms in total. The molecule has 0 aliphatic rings. The number of nitrogens with zero attached hydrogens (tertiary/aromatic N) is 3. The molecule has 0 saturated carbocycles. The van der Waals surface area contributed by atoms with Crippen LogP contribution in [0.1, 0.15) is 16.8 Å². The maximum atomic E-state index is 10.4. The lowest BCUT2D eigenvalue weighted by Crippen LogP contribution is -2.06. The number of hydrogen-bond donors (Lipinski definition) is 1. The van der Waals surface area contributed by atoms with E-state index in [9.17, 15) is 5.11 Å². The predicted molar refractivity (Wildman–Crippen MR) is 79.6 cm³/mol. The third kappa shape index (κ3) is 2.70. The fraction of sp³-hybridized carbons (Fsp3) is 0.200. The van der Waals surface area contributed by atoms with Gasteiger partial charge in [-0.1, -0.05) is 23.7 Å². The third-order valence-electron chi connectivity index (χ3n) is 3.27. The van der Waals surface area contributed by atoms with Crippen molar-refractivity contribution in [2.45, 2.75) is 13.0 Å². The second-order valence-corrected chi connectivity index (χ2v) is 5.13. The Kier molecular flexibility index (Phi) is 3.77. The molecule has 6 heteroatoms. The molecule has 0 spiro atoms. The molecule has 21 heavy (non-hydrogen) atoms. The Bertz CT molecular complexity index is 768. The molecule has 3 aromatic rings. The Hall–Kier alpha value is -2.11. The van der Waals surface area contributed by atoms with Gasteiger partial charge in [-0.25, -0.2) is 4.98 Å². The first-order chi connectivity index (χ1) is 10.2. The third-order valence-corrected chi connectivity index (χ3v) is 3.52. The number of rotatable bonds is 4. The van der Waals surface area contributed by atoms with Crippen molar-refractivity contribution in [1.29, 1.82) is 0 Å². The van der Waals surface area contributed by atoms with Crippen LogP contribution in [-0.2, 0) is 17.8 Å². The monoisotopic (exact) mass is 303 g/mol. The number of aromatic nitrogens is 3. The van der Waals surface area contributed by atoms with Crippen LogP contribution < -0.4 is 0 Å². The van der Waals surface area contributed by atoms with E-state index in [0.29, 0.717) is 35.0 Å². The van der Waals surface area contributed by atoms with Crippen LogP contribution in [0.15, 0.2) is 36.5 Å². The first-order valence-corrected chi connectivity index (χ1v) is 6.84. The highest BCUT2D eigenvalue weighted by atomic mass is 35.5. The Morgan fingerprint density at radius 1 is 1.24 bits per heavy atom. The van der Waals surface area contributed by atoms with Gasteiger partial charge in [0.25, 0.3) is 0 Å². The number of hydrogen-bond acceptors (Lipinski definition) is 4. The molecule has 0 unspecified atom stereocenters. The van der Waals surface area contributed by atoms with E-state index in [1.165, 1.54) is 4.52 Å². The van der Waals surface area contributed by atoms with E-state index in [4.69, 9.17) is 16.3 Å². The molecule has 2 heterocycles. The molecule has 3 rings (SSSR count). The van der Waals surface area contributed by atoms with Crippen LogP contribution >= 0.6 is 11.6 Å². The Morgan fingerprint density at radius 2 is 2.00 bits per heavy atom. The van der Waals surface area contributed by atoms with Crippen molar-refractivity contribution >= 4 is 17.2 Å². The van der Waals surface area contributed by atoms with E-state index in [0.717, 1.165) is 5.56 Å². The SMILES string of the molecule is COCc1nc2ccnn2c(O)c1Cc1ccc(Cl)cc1. The molecule has 1 N–H and O–H groups in total. The van der Waals surface area contributed by atoms with Crippen molar-refractivity contribution in [3.63, 3.8) is 0 Å². The molecule has 0 radical (unpaired) electrons. The van der Waals surface area contributed by atoms with Crippen LogP contribution in [0.25, 0.3) is 5.65 Å². The van der Waals surface area contributed by atoms with Gasteiger partial charge in [-0.05, 0) is 17.7 Å². The summed E-state index contributed by atoms with van der Waals surface area (Å²) < 4.78 is 6.60. The maximum Gasteiger partial charge on any atom is 0.219 e. The van der Waals surface area contributed by atoms with Crippen molar-refractivity contribution in [2.24, 2.45) is 0 Å². The van der Waals surface area contributed by atoms with Gasteiger partial charge in [0.2, 0.25) is 5.88 Å². The summed E-state index contributed by atoms with van der Waals surface area (Å²) in [6.07, 6.45) is 2.13. The molecule has 1 aromatic carbocycles. The summed E-state index contributed by atoms with van der Waals surface area (Å²) in [5, 5.41) is 15.2. The van der Waals surface area contributed by atoms with E-state index in [-0.39, 0.29) is 5.88 Å². The zero-order valence-corrected chi connectivity index (χ0v) is 12.2. The van der Waals surface area contributed by atoms with Gasteiger partial charge >= 0.3 is 0 Å². The summed E-state index contributed by atoms with van der Waals surface area (Å²) in [7, 11) is 1.60. The lowest BCUT2D eigenvalue weighted by atomic mass is 10.0. The molecule has 0 fully saturated rings. The van der Waals surface area contributed by atoms with Crippen molar-refractivity contribution in [1.82, 2.24) is 14.6 Å². The summed E-state index contributed by atoms with van der Waals surface area (Å²) in [4.78, 5) is 4.49. The van der Waals surface area contributed by atoms with E-state index in [1.807, 2.05) is 24.3 Å². The van der Waals surface area contributed by atoms with E-state index < -0.39 is 0 Å². The zero-order chi connectivity index (χ0) is 14.8. The minimum absolute atomic E-state index is 0.0898. The van der Waals surface area contributed by atoms with Gasteiger partial charge in [0.1, 0.15) is 0 Å². The van der Waals surface area contributed by atoms with Crippen LogP contribution in [0.5, 0.6) is 5.88 Å². The molecule has 0 aliphatic carbocycles. The Labute approximate surface area is 126 Å². The average molecular weight is 304 g/mol. The van der Waals surface area contributed by atoms with E-state index in [1.54, 1.807) is 19.4 Å². The first kappa shape index (κ1) is 13.9. The van der Waals surface area contributed by atoms with E-state index >= 15 is 0 Å². The maximum absolute atomic E-state index is 10.4. The quantitative estimate of drug-likeness (QED) is 0.805. The summed E-state index contributed by atoms with van der Waals surface area (Å²) in [6, 6.07) is 9.23. The number of ether oxygens (including phenoxy) is 1. The van der Waals surface area contributed by atoms with Gasteiger partial charge in [-0.15, -0.1) is 0 Å². The highest BCUT2D eigenvalue weighted by Gasteiger charge is 2.15. The Balaban J connectivity index is 2.08. The lowest BCUT2D eigenvalue weighted by Gasteiger charge is -2.12. The highest BCUT2D eigenvalue weighted by molar-refractivity contribution is 6.30. The van der Waals surface area contributed by atoms with Crippen LogP contribution in [0.3, 0.4) is 0 Å². The minimum Gasteiger partial charge on any atom is -0.493 e. The molecule has 0 atom stereocenters. The van der Waals surface area contributed by atoms with Crippen LogP contribution in [0, 0.1) is 0 Å². The molecule has 108 valence electrons. The van der Waals surface area contributed by atoms with Gasteiger partial charge in [-0.2, -0.15) is 9.61 Å². The lowest BCUT2D eigenvalue weighted by molar-refractivity contribution is 0.180. The second-order valence-electron chi connectivity index (χ2n) is 4.70. The molecule has 0 saturated heterocycles. The number of halogens is 1. The molecule has 0 amide bonds. The zero-order valence-electron chi connectivity index (χ0n) is 11.5. The van der Waals surface area contributed by atoms with Crippen molar-refractivity contribution in [2.75, 3.05) is 7.11 Å². The number of methoxy groups -OCH3 is 1. The normalized spacial score (nSPS) is 11.1. The highest BCUT2D eigenvalue weighted by Crippen LogP contribution is 2.25. The standard InChI is InChI=1S/C15H14ClN3O2/c1-21-9-13-12(8-10-2-4-11(16)5-3-10)15(20)19-14(18-13)6-7-17-19/h2-7,20H,8-9H2,1H3. The topological polar surface area (TPSA) is 59.7 Å². The van der Waals surface area contributed by atoms with Crippen molar-refractivity contribution in [3.8, 4) is 5.88 Å². The fourth-order valence-electron chi connectivity index (χ4n) is 2.25. The largest absolute Gasteiger partial charge is 0.493 e. The number of fused-ring (bicyclic) bond motifs is 1. The molecular weight excluding hydrogens is 290 g/mol. The number of aromatic hydroxyl groups is 1. The van der Waals surface area contributed by atoms with Gasteiger partial charge in [0.05, 0.1) is 18.5 Å². The summed E-state index contributed by atoms with van der Waals surface area (Å²) in [5.74, 6) is 0.0898. The smallest absolute Gasteiger partial charge is 0.219 e. The fourth-order valence-corrected chi connectivity index (χ4v) is 2.38. The van der Waals surface area contributed by atoms with Crippen LogP contribution in [0.2, 0.25) is 5.02 Å².